The van der Waals surface area contributed by atoms with E-state index in [2.05, 4.69) is 18.5 Å². The van der Waals surface area contributed by atoms with Gasteiger partial charge < -0.3 is 5.73 Å². The summed E-state index contributed by atoms with van der Waals surface area (Å²) in [6.07, 6.45) is 6.81. The molecule has 3 atom stereocenters. The van der Waals surface area contributed by atoms with E-state index in [0.717, 1.165) is 23.2 Å². The van der Waals surface area contributed by atoms with Crippen molar-refractivity contribution in [2.45, 2.75) is 38.5 Å². The molecule has 0 spiro atoms. The van der Waals surface area contributed by atoms with E-state index in [0.29, 0.717) is 41.2 Å². The van der Waals surface area contributed by atoms with Gasteiger partial charge in [-0.05, 0) is 55.5 Å². The summed E-state index contributed by atoms with van der Waals surface area (Å²) in [7, 11) is 0. The molecule has 172 valence electrons. The lowest BCUT2D eigenvalue weighted by molar-refractivity contribution is -0.123. The first-order valence-corrected chi connectivity index (χ1v) is 11.6. The molecule has 0 amide bonds. The van der Waals surface area contributed by atoms with Gasteiger partial charge >= 0.3 is 0 Å². The van der Waals surface area contributed by atoms with Crippen molar-refractivity contribution in [2.75, 3.05) is 0 Å². The number of allylic oxidation sites excluding steroid dienone is 1. The average molecular weight is 455 g/mol. The van der Waals surface area contributed by atoms with Crippen LogP contribution < -0.4 is 5.73 Å². The molecule has 34 heavy (non-hydrogen) atoms. The predicted molar refractivity (Wildman–Crippen MR) is 131 cm³/mol. The molecule has 6 heteroatoms. The molecule has 1 fully saturated rings. The van der Waals surface area contributed by atoms with Crippen LogP contribution in [0.1, 0.15) is 43.6 Å². The lowest BCUT2D eigenvalue weighted by Crippen LogP contribution is -2.48. The zero-order valence-corrected chi connectivity index (χ0v) is 19.4. The van der Waals surface area contributed by atoms with Crippen LogP contribution in [0.3, 0.4) is 0 Å². The molecule has 0 bridgehead atoms. The van der Waals surface area contributed by atoms with Crippen molar-refractivity contribution in [1.29, 1.82) is 0 Å². The second-order valence-electron chi connectivity index (χ2n) is 9.46. The first-order chi connectivity index (χ1) is 16.4. The number of nitrogens with zero attached hydrogens (tertiary/aromatic N) is 3. The third-order valence-corrected chi connectivity index (χ3v) is 7.54. The highest BCUT2D eigenvalue weighted by Gasteiger charge is 2.51. The summed E-state index contributed by atoms with van der Waals surface area (Å²) < 4.78 is 15.0. The second-order valence-corrected chi connectivity index (χ2v) is 9.46. The maximum Gasteiger partial charge on any atom is 0.163 e. The van der Waals surface area contributed by atoms with Gasteiger partial charge in [-0.25, -0.2) is 14.4 Å². The topological polar surface area (TPSA) is 81.8 Å². The number of halogens is 1. The number of benzene rings is 1. The number of hydrogen-bond acceptors (Lipinski definition) is 5. The van der Waals surface area contributed by atoms with E-state index < -0.39 is 5.41 Å². The van der Waals surface area contributed by atoms with Crippen LogP contribution in [-0.2, 0) is 16.6 Å². The van der Waals surface area contributed by atoms with Crippen LogP contribution in [0.2, 0.25) is 0 Å². The number of fused-ring (bicyclic) bond motifs is 3. The summed E-state index contributed by atoms with van der Waals surface area (Å²) >= 11 is 0. The molecule has 5 nitrogen and oxygen atoms in total. The van der Waals surface area contributed by atoms with Gasteiger partial charge in [0.2, 0.25) is 0 Å². The van der Waals surface area contributed by atoms with Gasteiger partial charge in [0.25, 0.3) is 0 Å². The Bertz CT molecular complexity index is 1350. The highest BCUT2D eigenvalue weighted by atomic mass is 19.1. The van der Waals surface area contributed by atoms with Gasteiger partial charge in [-0.2, -0.15) is 0 Å². The van der Waals surface area contributed by atoms with Crippen LogP contribution in [0.15, 0.2) is 60.9 Å². The fourth-order valence-corrected chi connectivity index (χ4v) is 5.81. The van der Waals surface area contributed by atoms with E-state index in [1.165, 1.54) is 12.3 Å². The maximum atomic E-state index is 15.0. The maximum absolute atomic E-state index is 15.0. The molecular formula is C28H27FN4O. The van der Waals surface area contributed by atoms with Crippen molar-refractivity contribution < 1.29 is 9.18 Å². The van der Waals surface area contributed by atoms with E-state index in [-0.39, 0.29) is 23.4 Å². The number of pyridine rings is 1. The number of carbonyl (C=O) groups is 1. The molecule has 0 unspecified atom stereocenters. The third-order valence-electron chi connectivity index (χ3n) is 7.54. The molecule has 2 N–H and O–H groups in total. The number of nitrogens with two attached hydrogens (primary N) is 1. The standard InChI is InChI=1S/C28H27FN4O/c1-4-19-13-17(11-12-31-19)27-32-24(20-7-5-6-8-23(20)29)21-9-10-22-16(2)25(34)18(15-30)14-28(22,3)26(21)33-27/h4-8,11-13,15-16,22H,1,9-10,14,30H2,2-3H3/b18-15-/t16-,22-,28-/m1/s1. The number of Topliss-reactive ketones (excluding diaryl/α,β-unsaturated/α-hetero) is 1. The van der Waals surface area contributed by atoms with Crippen LogP contribution in [-0.4, -0.2) is 20.7 Å². The normalized spacial score (nSPS) is 25.0. The lowest BCUT2D eigenvalue weighted by Gasteiger charge is -2.48. The fourth-order valence-electron chi connectivity index (χ4n) is 5.81. The number of ketones is 1. The number of rotatable bonds is 3. The Morgan fingerprint density at radius 1 is 1.24 bits per heavy atom. The second kappa shape index (κ2) is 8.28. The van der Waals surface area contributed by atoms with Crippen molar-refractivity contribution in [3.8, 4) is 22.6 Å². The number of carbonyl (C=O) groups excluding carboxylic acids is 1. The molecule has 1 aromatic carbocycles. The van der Waals surface area contributed by atoms with Gasteiger partial charge in [-0.15, -0.1) is 0 Å². The van der Waals surface area contributed by atoms with Gasteiger partial charge in [-0.3, -0.25) is 9.78 Å². The Labute approximate surface area is 198 Å². The zero-order chi connectivity index (χ0) is 24.0. The largest absolute Gasteiger partial charge is 0.404 e. The van der Waals surface area contributed by atoms with Crippen molar-refractivity contribution in [3.05, 3.63) is 83.7 Å². The Morgan fingerprint density at radius 2 is 2.03 bits per heavy atom. The summed E-state index contributed by atoms with van der Waals surface area (Å²) in [5.74, 6) is 0.255. The molecule has 5 rings (SSSR count). The van der Waals surface area contributed by atoms with Crippen molar-refractivity contribution in [2.24, 2.45) is 17.6 Å². The fraction of sp³-hybridized carbons (Fsp3) is 0.286. The van der Waals surface area contributed by atoms with E-state index in [4.69, 9.17) is 15.7 Å². The van der Waals surface area contributed by atoms with Gasteiger partial charge in [0, 0.05) is 46.0 Å². The molecule has 2 aromatic heterocycles. The van der Waals surface area contributed by atoms with Crippen LogP contribution in [0.25, 0.3) is 28.7 Å². The van der Waals surface area contributed by atoms with Crippen molar-refractivity contribution in [3.63, 3.8) is 0 Å². The minimum atomic E-state index is -0.419. The summed E-state index contributed by atoms with van der Waals surface area (Å²) in [4.78, 5) is 27.2. The molecule has 2 aliphatic carbocycles. The van der Waals surface area contributed by atoms with Gasteiger partial charge in [0.05, 0.1) is 17.1 Å². The number of hydrogen-bond donors (Lipinski definition) is 1. The minimum Gasteiger partial charge on any atom is -0.404 e. The minimum absolute atomic E-state index is 0.113. The summed E-state index contributed by atoms with van der Waals surface area (Å²) in [6.45, 7) is 7.95. The molecular weight excluding hydrogens is 427 g/mol. The third kappa shape index (κ3) is 3.36. The predicted octanol–water partition coefficient (Wildman–Crippen LogP) is 5.26. The SMILES string of the molecule is C=Cc1cc(-c2nc(-c3ccccc3F)c3c(n2)[C@]2(C)C/C(=C/N)C(=O)[C@H](C)[C@H]2CC3)ccn1. The molecule has 2 heterocycles. The van der Waals surface area contributed by atoms with Crippen LogP contribution >= 0.6 is 0 Å². The zero-order valence-electron chi connectivity index (χ0n) is 19.4. The smallest absolute Gasteiger partial charge is 0.163 e. The van der Waals surface area contributed by atoms with Gasteiger partial charge in [0.15, 0.2) is 11.6 Å². The number of aromatic nitrogens is 3. The highest BCUT2D eigenvalue weighted by molar-refractivity contribution is 5.98. The van der Waals surface area contributed by atoms with Crippen molar-refractivity contribution >= 4 is 11.9 Å². The van der Waals surface area contributed by atoms with E-state index in [9.17, 15) is 4.79 Å². The quantitative estimate of drug-likeness (QED) is 0.546. The van der Waals surface area contributed by atoms with Crippen molar-refractivity contribution in [1.82, 2.24) is 15.0 Å². The first-order valence-electron chi connectivity index (χ1n) is 11.6. The Kier molecular flexibility index (Phi) is 5.39. The van der Waals surface area contributed by atoms with E-state index in [1.807, 2.05) is 25.1 Å². The highest BCUT2D eigenvalue weighted by Crippen LogP contribution is 2.53. The van der Waals surface area contributed by atoms with E-state index in [1.54, 1.807) is 24.4 Å². The summed E-state index contributed by atoms with van der Waals surface area (Å²) in [6, 6.07) is 10.4. The molecule has 0 saturated heterocycles. The molecule has 0 aliphatic heterocycles. The lowest BCUT2D eigenvalue weighted by atomic mass is 9.55. The molecule has 2 aliphatic rings. The van der Waals surface area contributed by atoms with Gasteiger partial charge in [0.1, 0.15) is 5.82 Å². The average Bonchev–Trinajstić information content (AvgIpc) is 2.86. The molecule has 1 saturated carbocycles. The Hall–Kier alpha value is -3.67. The molecule has 3 aromatic rings. The Morgan fingerprint density at radius 3 is 2.76 bits per heavy atom. The van der Waals surface area contributed by atoms with Crippen LogP contribution in [0, 0.1) is 17.7 Å². The molecule has 0 radical (unpaired) electrons. The van der Waals surface area contributed by atoms with Gasteiger partial charge in [-0.1, -0.05) is 32.6 Å². The van der Waals surface area contributed by atoms with E-state index >= 15 is 4.39 Å². The monoisotopic (exact) mass is 454 g/mol. The Balaban J connectivity index is 1.80. The summed E-state index contributed by atoms with van der Waals surface area (Å²) in [5, 5.41) is 0. The first kappa shape index (κ1) is 22.1. The van der Waals surface area contributed by atoms with Crippen LogP contribution in [0.5, 0.6) is 0 Å². The summed E-state index contributed by atoms with van der Waals surface area (Å²) in [5.41, 5.74) is 10.5. The van der Waals surface area contributed by atoms with Crippen LogP contribution in [0.4, 0.5) is 4.39 Å².